The summed E-state index contributed by atoms with van der Waals surface area (Å²) in [4.78, 5) is 44.8. The van der Waals surface area contributed by atoms with E-state index in [2.05, 4.69) is 30.1 Å². The van der Waals surface area contributed by atoms with Gasteiger partial charge in [0.25, 0.3) is 5.91 Å². The molecule has 0 saturated carbocycles. The van der Waals surface area contributed by atoms with Crippen LogP contribution in [0.5, 0.6) is 34.8 Å². The Morgan fingerprint density at radius 2 is 1.35 bits per heavy atom. The van der Waals surface area contributed by atoms with Crippen LogP contribution in [0.15, 0.2) is 73.1 Å². The van der Waals surface area contributed by atoms with Gasteiger partial charge in [-0.1, -0.05) is 26.0 Å². The van der Waals surface area contributed by atoms with E-state index in [0.29, 0.717) is 24.1 Å². The molecule has 0 spiro atoms. The summed E-state index contributed by atoms with van der Waals surface area (Å²) in [5.41, 5.74) is 6.91. The number of hydrogen-bond acceptors (Lipinski definition) is 10. The molecule has 1 saturated heterocycles. The second-order valence-corrected chi connectivity index (χ2v) is 11.5. The molecule has 0 unspecified atom stereocenters. The number of nitrogens with zero attached hydrogens (tertiary/aromatic N) is 3. The van der Waals surface area contributed by atoms with Crippen molar-refractivity contribution in [2.45, 2.75) is 65.3 Å². The maximum absolute atomic E-state index is 12.4. The molecule has 19 heteroatoms. The molecule has 2 aromatic heterocycles. The number of aryl methyl sites for hydroxylation is 2. The maximum Gasteiger partial charge on any atom is 0.573 e. The second kappa shape index (κ2) is 17.1. The predicted octanol–water partition coefficient (Wildman–Crippen LogP) is 7.67. The molecule has 0 aliphatic carbocycles. The molecule has 1 aliphatic heterocycles. The van der Waals surface area contributed by atoms with Crippen molar-refractivity contribution in [1.29, 1.82) is 0 Å². The minimum absolute atomic E-state index is 0.0738. The van der Waals surface area contributed by atoms with Crippen molar-refractivity contribution in [1.82, 2.24) is 15.3 Å². The van der Waals surface area contributed by atoms with Gasteiger partial charge in [-0.15, -0.1) is 26.3 Å². The van der Waals surface area contributed by atoms with Crippen LogP contribution >= 0.6 is 0 Å². The Balaban J connectivity index is 0.000000241. The van der Waals surface area contributed by atoms with Gasteiger partial charge < -0.3 is 35.3 Å². The Bertz CT molecular complexity index is 1940. The molecule has 1 aliphatic rings. The standard InChI is InChI=1S/C18H16F3N3O4.C17H18F3N3O3/c1-3-13-16(25)24(17(26)23-13)11-5-7-15(22-9-11)27-12-6-4-10(2)14(8-12)28-18(19,20)21;1-3-13(21)16(24)23-11-5-7-15(22-9-11)25-12-6-4-10(2)14(8-12)26-17(18,19)20/h4-9,13H,3H2,1-2H3,(H,23,26);4-9,13H,3,21H2,1-2H3,(H,23,24)/t2*13-/m11/s1. The molecule has 13 nitrogen and oxygen atoms in total. The fourth-order valence-corrected chi connectivity index (χ4v) is 4.55. The molecule has 4 aromatic rings. The minimum atomic E-state index is -4.82. The van der Waals surface area contributed by atoms with Crippen molar-refractivity contribution in [2.75, 3.05) is 10.2 Å². The third-order valence-corrected chi connectivity index (χ3v) is 7.40. The number of carbonyl (C=O) groups excluding carboxylic acids is 3. The zero-order valence-corrected chi connectivity index (χ0v) is 29.0. The third kappa shape index (κ3) is 11.4. The maximum atomic E-state index is 12.4. The van der Waals surface area contributed by atoms with Crippen molar-refractivity contribution >= 4 is 29.2 Å². The number of imide groups is 1. The van der Waals surface area contributed by atoms with Gasteiger partial charge in [-0.3, -0.25) is 9.59 Å². The molecule has 1 fully saturated rings. The van der Waals surface area contributed by atoms with E-state index in [-0.39, 0.29) is 57.8 Å². The lowest BCUT2D eigenvalue weighted by Crippen LogP contribution is -2.34. The van der Waals surface area contributed by atoms with Crippen LogP contribution in [0.3, 0.4) is 0 Å². The Morgan fingerprint density at radius 3 is 1.76 bits per heavy atom. The monoisotopic (exact) mass is 764 g/mol. The molecule has 0 bridgehead atoms. The minimum Gasteiger partial charge on any atom is -0.439 e. The van der Waals surface area contributed by atoms with E-state index in [1.165, 1.54) is 68.7 Å². The van der Waals surface area contributed by atoms with Crippen LogP contribution in [-0.4, -0.2) is 52.6 Å². The smallest absolute Gasteiger partial charge is 0.439 e. The van der Waals surface area contributed by atoms with Crippen LogP contribution in [0.1, 0.15) is 37.8 Å². The normalized spacial score (nSPS) is 14.7. The first-order valence-corrected chi connectivity index (χ1v) is 16.1. The first kappa shape index (κ1) is 40.7. The third-order valence-electron chi connectivity index (χ3n) is 7.40. The number of halogens is 6. The van der Waals surface area contributed by atoms with Crippen LogP contribution in [0.4, 0.5) is 42.5 Å². The first-order valence-electron chi connectivity index (χ1n) is 16.1. The number of alkyl halides is 6. The Labute approximate surface area is 304 Å². The highest BCUT2D eigenvalue weighted by Gasteiger charge is 2.38. The number of rotatable bonds is 11. The van der Waals surface area contributed by atoms with Crippen molar-refractivity contribution in [3.63, 3.8) is 0 Å². The number of benzene rings is 2. The predicted molar refractivity (Wildman–Crippen MR) is 181 cm³/mol. The number of nitrogens with one attached hydrogen (secondary N) is 2. The molecule has 54 heavy (non-hydrogen) atoms. The van der Waals surface area contributed by atoms with Gasteiger partial charge >= 0.3 is 18.8 Å². The molecule has 0 radical (unpaired) electrons. The van der Waals surface area contributed by atoms with Crippen molar-refractivity contribution in [3.05, 3.63) is 84.2 Å². The Hall–Kier alpha value is -6.11. The van der Waals surface area contributed by atoms with Gasteiger partial charge in [0.2, 0.25) is 17.7 Å². The number of aromatic nitrogens is 2. The molecule has 4 amide bonds. The number of carbonyl (C=O) groups is 3. The molecule has 3 heterocycles. The number of amides is 4. The van der Waals surface area contributed by atoms with Crippen molar-refractivity contribution in [3.8, 4) is 34.8 Å². The van der Waals surface area contributed by atoms with Gasteiger partial charge in [0, 0.05) is 24.3 Å². The number of ether oxygens (including phenoxy) is 4. The highest BCUT2D eigenvalue weighted by Crippen LogP contribution is 2.33. The Kier molecular flexibility index (Phi) is 12.9. The first-order chi connectivity index (χ1) is 25.3. The van der Waals surface area contributed by atoms with Gasteiger partial charge in [-0.25, -0.2) is 19.7 Å². The Morgan fingerprint density at radius 1 is 0.833 bits per heavy atom. The lowest BCUT2D eigenvalue weighted by Gasteiger charge is -2.14. The van der Waals surface area contributed by atoms with E-state index in [4.69, 9.17) is 15.2 Å². The van der Waals surface area contributed by atoms with Crippen LogP contribution in [0.25, 0.3) is 0 Å². The van der Waals surface area contributed by atoms with Crippen molar-refractivity contribution < 1.29 is 59.7 Å². The molecular formula is C35H34F6N6O7. The fraction of sp³-hybridized carbons (Fsp3) is 0.286. The van der Waals surface area contributed by atoms with Gasteiger partial charge in [0.15, 0.2) is 0 Å². The molecule has 2 aromatic carbocycles. The van der Waals surface area contributed by atoms with Crippen LogP contribution in [0.2, 0.25) is 0 Å². The largest absolute Gasteiger partial charge is 0.573 e. The second-order valence-electron chi connectivity index (χ2n) is 11.5. The molecule has 2 atom stereocenters. The quantitative estimate of drug-likeness (QED) is 0.102. The number of hydrogen-bond donors (Lipinski definition) is 3. The average Bonchev–Trinajstić information content (AvgIpc) is 3.39. The zero-order chi connectivity index (χ0) is 39.8. The highest BCUT2D eigenvalue weighted by atomic mass is 19.4. The lowest BCUT2D eigenvalue weighted by molar-refractivity contribution is -0.275. The lowest BCUT2D eigenvalue weighted by atomic mass is 10.2. The summed E-state index contributed by atoms with van der Waals surface area (Å²) in [5, 5.41) is 5.16. The molecule has 5 rings (SSSR count). The average molecular weight is 765 g/mol. The van der Waals surface area contributed by atoms with E-state index in [1.54, 1.807) is 19.9 Å². The topological polar surface area (TPSA) is 167 Å². The number of anilines is 2. The van der Waals surface area contributed by atoms with Crippen molar-refractivity contribution in [2.24, 2.45) is 5.73 Å². The number of nitrogens with two attached hydrogens (primary N) is 1. The van der Waals surface area contributed by atoms with Crippen LogP contribution in [-0.2, 0) is 9.59 Å². The van der Waals surface area contributed by atoms with E-state index in [0.717, 1.165) is 17.0 Å². The fourth-order valence-electron chi connectivity index (χ4n) is 4.55. The SMILES string of the molecule is CC[C@@H](N)C(=O)Nc1ccc(Oc2ccc(C)c(OC(F)(F)F)c2)nc1.CC[C@H]1NC(=O)N(c2ccc(Oc3ccc(C)c(OC(F)(F)F)c3)nc2)C1=O. The van der Waals surface area contributed by atoms with Gasteiger partial charge in [0.1, 0.15) is 29.0 Å². The van der Waals surface area contributed by atoms with Gasteiger partial charge in [-0.05, 0) is 62.1 Å². The number of pyridine rings is 2. The van der Waals surface area contributed by atoms with E-state index >= 15 is 0 Å². The van der Waals surface area contributed by atoms with Gasteiger partial charge in [-0.2, -0.15) is 0 Å². The van der Waals surface area contributed by atoms with Crippen LogP contribution < -0.4 is 40.2 Å². The molecule has 4 N–H and O–H groups in total. The van der Waals surface area contributed by atoms with E-state index in [9.17, 15) is 40.7 Å². The summed E-state index contributed by atoms with van der Waals surface area (Å²) < 4.78 is 93.3. The summed E-state index contributed by atoms with van der Waals surface area (Å²) in [6.45, 7) is 6.53. The van der Waals surface area contributed by atoms with E-state index in [1.807, 2.05) is 0 Å². The molecular weight excluding hydrogens is 730 g/mol. The summed E-state index contributed by atoms with van der Waals surface area (Å²) in [6.07, 6.45) is -6.02. The van der Waals surface area contributed by atoms with Crippen LogP contribution in [0, 0.1) is 13.8 Å². The van der Waals surface area contributed by atoms with E-state index < -0.39 is 30.8 Å². The summed E-state index contributed by atoms with van der Waals surface area (Å²) in [6, 6.07) is 12.2. The number of urea groups is 1. The highest BCUT2D eigenvalue weighted by molar-refractivity contribution is 6.21. The molecule has 288 valence electrons. The summed E-state index contributed by atoms with van der Waals surface area (Å²) in [5.74, 6) is -1.02. The summed E-state index contributed by atoms with van der Waals surface area (Å²) in [7, 11) is 0. The zero-order valence-electron chi connectivity index (χ0n) is 29.0. The van der Waals surface area contributed by atoms with Gasteiger partial charge in [0.05, 0.1) is 29.8 Å². The summed E-state index contributed by atoms with van der Waals surface area (Å²) >= 11 is 0.